The molecule has 1 aliphatic carbocycles. The fourth-order valence-electron chi connectivity index (χ4n) is 3.58. The highest BCUT2D eigenvalue weighted by molar-refractivity contribution is 9.07. The quantitative estimate of drug-likeness (QED) is 0.668. The Morgan fingerprint density at radius 3 is 2.83 bits per heavy atom. The second-order valence-electron chi connectivity index (χ2n) is 6.09. The number of hydrogen-bond acceptors (Lipinski definition) is 1. The predicted molar refractivity (Wildman–Crippen MR) is 75.6 cm³/mol. The molecule has 1 aromatic carbocycles. The van der Waals surface area contributed by atoms with Crippen LogP contribution in [0.2, 0.25) is 0 Å². The van der Waals surface area contributed by atoms with Crippen molar-refractivity contribution in [3.8, 4) is 0 Å². The van der Waals surface area contributed by atoms with E-state index in [-0.39, 0.29) is 11.3 Å². The molecule has 1 amide bonds. The van der Waals surface area contributed by atoms with Crippen molar-refractivity contribution in [2.24, 2.45) is 0 Å². The average Bonchev–Trinajstić information content (AvgIpc) is 2.35. The van der Waals surface area contributed by atoms with E-state index in [1.54, 1.807) is 3.93 Å². The SMILES string of the molecule is CC1(C)CC2C(CCC(=O)N2Br)c2ccccc21. The molecule has 3 heteroatoms. The Kier molecular flexibility index (Phi) is 2.77. The summed E-state index contributed by atoms with van der Waals surface area (Å²) in [7, 11) is 0. The van der Waals surface area contributed by atoms with Crippen molar-refractivity contribution in [1.29, 1.82) is 0 Å². The van der Waals surface area contributed by atoms with Gasteiger partial charge in [0.1, 0.15) is 0 Å². The molecule has 0 spiro atoms. The van der Waals surface area contributed by atoms with E-state index in [4.69, 9.17) is 0 Å². The summed E-state index contributed by atoms with van der Waals surface area (Å²) in [6.45, 7) is 4.56. The fourth-order valence-corrected chi connectivity index (χ4v) is 4.18. The van der Waals surface area contributed by atoms with Gasteiger partial charge in [-0.05, 0) is 29.4 Å². The normalized spacial score (nSPS) is 29.7. The van der Waals surface area contributed by atoms with E-state index >= 15 is 0 Å². The van der Waals surface area contributed by atoms with Gasteiger partial charge in [0.2, 0.25) is 5.91 Å². The number of amides is 1. The summed E-state index contributed by atoms with van der Waals surface area (Å²) in [5.74, 6) is 0.720. The van der Waals surface area contributed by atoms with Crippen LogP contribution >= 0.6 is 16.1 Å². The number of fused-ring (bicyclic) bond motifs is 3. The Morgan fingerprint density at radius 1 is 1.33 bits per heavy atom. The lowest BCUT2D eigenvalue weighted by atomic mass is 9.64. The summed E-state index contributed by atoms with van der Waals surface area (Å²) < 4.78 is 1.80. The lowest BCUT2D eigenvalue weighted by Gasteiger charge is -2.47. The van der Waals surface area contributed by atoms with E-state index in [2.05, 4.69) is 54.3 Å². The van der Waals surface area contributed by atoms with Crippen LogP contribution in [-0.2, 0) is 10.2 Å². The zero-order chi connectivity index (χ0) is 12.9. The third kappa shape index (κ3) is 1.71. The molecule has 2 unspecified atom stereocenters. The number of carbonyl (C=O) groups is 1. The van der Waals surface area contributed by atoms with Gasteiger partial charge in [-0.3, -0.25) is 8.72 Å². The molecule has 18 heavy (non-hydrogen) atoms. The van der Waals surface area contributed by atoms with Gasteiger partial charge in [0, 0.05) is 12.3 Å². The number of halogens is 1. The van der Waals surface area contributed by atoms with Crippen molar-refractivity contribution in [2.45, 2.75) is 50.5 Å². The second kappa shape index (κ2) is 4.09. The zero-order valence-electron chi connectivity index (χ0n) is 10.8. The Bertz CT molecular complexity index is 497. The first-order valence-corrected chi connectivity index (χ1v) is 7.29. The molecule has 1 aromatic rings. The number of rotatable bonds is 0. The topological polar surface area (TPSA) is 20.3 Å². The van der Waals surface area contributed by atoms with Crippen molar-refractivity contribution < 1.29 is 4.79 Å². The Balaban J connectivity index is 2.10. The molecule has 2 aliphatic rings. The molecule has 2 nitrogen and oxygen atoms in total. The van der Waals surface area contributed by atoms with Crippen LogP contribution in [0.15, 0.2) is 24.3 Å². The van der Waals surface area contributed by atoms with Crippen LogP contribution in [0, 0.1) is 0 Å². The first kappa shape index (κ1) is 12.2. The van der Waals surface area contributed by atoms with Crippen molar-refractivity contribution in [2.75, 3.05) is 0 Å². The van der Waals surface area contributed by atoms with Gasteiger partial charge >= 0.3 is 0 Å². The molecular weight excluding hydrogens is 290 g/mol. The van der Waals surface area contributed by atoms with E-state index in [0.29, 0.717) is 18.4 Å². The maximum atomic E-state index is 11.9. The average molecular weight is 308 g/mol. The highest BCUT2D eigenvalue weighted by atomic mass is 79.9. The van der Waals surface area contributed by atoms with Crippen LogP contribution in [-0.4, -0.2) is 15.9 Å². The van der Waals surface area contributed by atoms with Gasteiger partial charge in [0.05, 0.1) is 22.2 Å². The third-order valence-corrected chi connectivity index (χ3v) is 5.39. The summed E-state index contributed by atoms with van der Waals surface area (Å²) in [5, 5.41) is 0. The second-order valence-corrected chi connectivity index (χ2v) is 6.86. The van der Waals surface area contributed by atoms with Crippen LogP contribution in [0.5, 0.6) is 0 Å². The standard InChI is InChI=1S/C15H18BrNO/c1-15(2)9-13-11(7-8-14(18)17(13)16)10-5-3-4-6-12(10)15/h3-6,11,13H,7-9H2,1-2H3. The molecule has 2 atom stereocenters. The molecule has 1 fully saturated rings. The Morgan fingerprint density at radius 2 is 2.06 bits per heavy atom. The molecule has 1 saturated heterocycles. The molecule has 3 rings (SSSR count). The molecule has 0 N–H and O–H groups in total. The smallest absolute Gasteiger partial charge is 0.232 e. The van der Waals surface area contributed by atoms with Gasteiger partial charge in [-0.2, -0.15) is 0 Å². The lowest BCUT2D eigenvalue weighted by molar-refractivity contribution is -0.130. The number of nitrogens with zero attached hydrogens (tertiary/aromatic N) is 1. The van der Waals surface area contributed by atoms with E-state index < -0.39 is 0 Å². The molecule has 0 aromatic heterocycles. The van der Waals surface area contributed by atoms with Gasteiger partial charge in [-0.15, -0.1) is 0 Å². The van der Waals surface area contributed by atoms with Gasteiger partial charge in [0.25, 0.3) is 0 Å². The minimum absolute atomic E-state index is 0.140. The highest BCUT2D eigenvalue weighted by Gasteiger charge is 2.44. The van der Waals surface area contributed by atoms with Crippen LogP contribution in [0.3, 0.4) is 0 Å². The molecule has 1 heterocycles. The summed E-state index contributed by atoms with van der Waals surface area (Å²) in [4.78, 5) is 11.9. The van der Waals surface area contributed by atoms with Crippen LogP contribution in [0.1, 0.15) is 50.2 Å². The van der Waals surface area contributed by atoms with Crippen molar-refractivity contribution >= 4 is 22.1 Å². The maximum Gasteiger partial charge on any atom is 0.232 e. The third-order valence-electron chi connectivity index (χ3n) is 4.47. The fraction of sp³-hybridized carbons (Fsp3) is 0.533. The molecule has 0 saturated carbocycles. The van der Waals surface area contributed by atoms with Crippen LogP contribution < -0.4 is 0 Å². The summed E-state index contributed by atoms with van der Waals surface area (Å²) >= 11 is 3.48. The summed E-state index contributed by atoms with van der Waals surface area (Å²) in [5.41, 5.74) is 3.04. The van der Waals surface area contributed by atoms with Crippen LogP contribution in [0.25, 0.3) is 0 Å². The number of carbonyl (C=O) groups excluding carboxylic acids is 1. The molecule has 0 radical (unpaired) electrons. The minimum Gasteiger partial charge on any atom is -0.275 e. The summed E-state index contributed by atoms with van der Waals surface area (Å²) in [6.07, 6.45) is 2.67. The predicted octanol–water partition coefficient (Wildman–Crippen LogP) is 3.75. The van der Waals surface area contributed by atoms with Gasteiger partial charge in [-0.25, -0.2) is 0 Å². The van der Waals surface area contributed by atoms with E-state index in [9.17, 15) is 4.79 Å². The first-order chi connectivity index (χ1) is 8.50. The number of benzene rings is 1. The molecule has 1 aliphatic heterocycles. The van der Waals surface area contributed by atoms with Crippen LogP contribution in [0.4, 0.5) is 0 Å². The maximum absolute atomic E-state index is 11.9. The van der Waals surface area contributed by atoms with E-state index in [0.717, 1.165) is 12.8 Å². The van der Waals surface area contributed by atoms with E-state index in [1.165, 1.54) is 11.1 Å². The molecule has 96 valence electrons. The van der Waals surface area contributed by atoms with Crippen molar-refractivity contribution in [3.05, 3.63) is 35.4 Å². The summed E-state index contributed by atoms with van der Waals surface area (Å²) in [6, 6.07) is 9.04. The zero-order valence-corrected chi connectivity index (χ0v) is 12.4. The molecule has 0 bridgehead atoms. The minimum atomic E-state index is 0.140. The van der Waals surface area contributed by atoms with Crippen molar-refractivity contribution in [3.63, 3.8) is 0 Å². The first-order valence-electron chi connectivity index (χ1n) is 6.58. The number of hydrogen-bond donors (Lipinski definition) is 0. The van der Waals surface area contributed by atoms with Gasteiger partial charge < -0.3 is 0 Å². The molecular formula is C15H18BrNO. The number of piperidine rings is 1. The van der Waals surface area contributed by atoms with E-state index in [1.807, 2.05) is 0 Å². The largest absolute Gasteiger partial charge is 0.275 e. The Labute approximate surface area is 117 Å². The lowest BCUT2D eigenvalue weighted by Crippen LogP contribution is -2.48. The van der Waals surface area contributed by atoms with Gasteiger partial charge in [0.15, 0.2) is 0 Å². The highest BCUT2D eigenvalue weighted by Crippen LogP contribution is 2.48. The Hall–Kier alpha value is -0.830. The van der Waals surface area contributed by atoms with Gasteiger partial charge in [-0.1, -0.05) is 38.1 Å². The van der Waals surface area contributed by atoms with Crippen molar-refractivity contribution in [1.82, 2.24) is 3.93 Å². The monoisotopic (exact) mass is 307 g/mol.